The number of aromatic nitrogens is 2. The maximum Gasteiger partial charge on any atom is 0.246 e. The molecule has 0 radical (unpaired) electrons. The Bertz CT molecular complexity index is 491. The summed E-state index contributed by atoms with van der Waals surface area (Å²) in [6.07, 6.45) is 4.65. The summed E-state index contributed by atoms with van der Waals surface area (Å²) in [7, 11) is -3.50. The number of amidine groups is 1. The number of rotatable bonds is 6. The maximum atomic E-state index is 12.2. The van der Waals surface area contributed by atoms with Crippen molar-refractivity contribution in [1.82, 2.24) is 14.5 Å². The largest absolute Gasteiger partial charge is 0.388 e. The highest BCUT2D eigenvalue weighted by molar-refractivity contribution is 7.89. The summed E-state index contributed by atoms with van der Waals surface area (Å²) in [5, 5.41) is 13.3. The number of hydrogen-bond acceptors (Lipinski definition) is 4. The van der Waals surface area contributed by atoms with Gasteiger partial charge in [-0.2, -0.15) is 9.40 Å². The second-order valence-corrected chi connectivity index (χ2v) is 5.95. The Morgan fingerprint density at radius 2 is 2.35 bits per heavy atom. The van der Waals surface area contributed by atoms with Crippen LogP contribution in [0.1, 0.15) is 19.3 Å². The Balaban J connectivity index is 2.18. The molecule has 94 valence electrons. The van der Waals surface area contributed by atoms with Crippen LogP contribution in [0.4, 0.5) is 0 Å². The first-order valence-electron chi connectivity index (χ1n) is 5.35. The van der Waals surface area contributed by atoms with E-state index in [2.05, 4.69) is 10.2 Å². The van der Waals surface area contributed by atoms with E-state index in [0.717, 1.165) is 12.8 Å². The maximum absolute atomic E-state index is 12.2. The zero-order valence-corrected chi connectivity index (χ0v) is 10.1. The molecule has 0 amide bonds. The summed E-state index contributed by atoms with van der Waals surface area (Å²) >= 11 is 0. The van der Waals surface area contributed by atoms with E-state index in [4.69, 9.17) is 11.1 Å². The topological polar surface area (TPSA) is 116 Å². The molecule has 1 fully saturated rings. The lowest BCUT2D eigenvalue weighted by atomic mass is 10.4. The zero-order chi connectivity index (χ0) is 12.5. The number of hydrogen-bond donors (Lipinski definition) is 3. The van der Waals surface area contributed by atoms with Crippen molar-refractivity contribution in [2.24, 2.45) is 5.73 Å². The van der Waals surface area contributed by atoms with E-state index >= 15 is 0 Å². The van der Waals surface area contributed by atoms with E-state index in [9.17, 15) is 8.42 Å². The molecule has 0 saturated heterocycles. The van der Waals surface area contributed by atoms with Crippen LogP contribution in [0.2, 0.25) is 0 Å². The van der Waals surface area contributed by atoms with Gasteiger partial charge in [0, 0.05) is 25.2 Å². The van der Waals surface area contributed by atoms with E-state index in [0.29, 0.717) is 0 Å². The zero-order valence-electron chi connectivity index (χ0n) is 9.26. The van der Waals surface area contributed by atoms with Gasteiger partial charge in [-0.25, -0.2) is 8.42 Å². The fraction of sp³-hybridized carbons (Fsp3) is 0.556. The third-order valence-corrected chi connectivity index (χ3v) is 4.55. The number of nitrogens with zero attached hydrogens (tertiary/aromatic N) is 2. The minimum atomic E-state index is -3.50. The molecule has 0 aliphatic heterocycles. The van der Waals surface area contributed by atoms with Gasteiger partial charge in [-0.3, -0.25) is 10.5 Å². The molecule has 0 bridgehead atoms. The highest BCUT2D eigenvalue weighted by Gasteiger charge is 2.38. The quantitative estimate of drug-likeness (QED) is 0.487. The van der Waals surface area contributed by atoms with Crippen LogP contribution >= 0.6 is 0 Å². The van der Waals surface area contributed by atoms with Crippen molar-refractivity contribution < 1.29 is 8.42 Å². The van der Waals surface area contributed by atoms with Crippen molar-refractivity contribution in [3.63, 3.8) is 0 Å². The predicted octanol–water partition coefficient (Wildman–Crippen LogP) is -0.111. The Labute approximate surface area is 99.6 Å². The third kappa shape index (κ3) is 2.64. The minimum Gasteiger partial charge on any atom is -0.388 e. The standard InChI is InChI=1S/C9H15N5O2S/c10-9(11)3-4-14(7-1-2-7)17(15,16)8-5-12-13-6-8/h5-7H,1-4H2,(H3,10,11)(H,12,13). The fourth-order valence-corrected chi connectivity index (χ4v) is 3.20. The molecule has 17 heavy (non-hydrogen) atoms. The first-order valence-corrected chi connectivity index (χ1v) is 6.79. The van der Waals surface area contributed by atoms with Gasteiger partial charge >= 0.3 is 0 Å². The van der Waals surface area contributed by atoms with Crippen LogP contribution in [0.15, 0.2) is 17.3 Å². The van der Waals surface area contributed by atoms with Gasteiger partial charge in [0.15, 0.2) is 0 Å². The average molecular weight is 257 g/mol. The van der Waals surface area contributed by atoms with Crippen molar-refractivity contribution in [3.8, 4) is 0 Å². The van der Waals surface area contributed by atoms with Crippen molar-refractivity contribution in [3.05, 3.63) is 12.4 Å². The average Bonchev–Trinajstić information content (AvgIpc) is 2.92. The monoisotopic (exact) mass is 257 g/mol. The van der Waals surface area contributed by atoms with E-state index < -0.39 is 10.0 Å². The molecule has 0 unspecified atom stereocenters. The normalized spacial score (nSPS) is 16.3. The van der Waals surface area contributed by atoms with E-state index in [1.165, 1.54) is 16.7 Å². The Morgan fingerprint density at radius 1 is 1.65 bits per heavy atom. The Kier molecular flexibility index (Phi) is 3.16. The van der Waals surface area contributed by atoms with Crippen LogP contribution < -0.4 is 5.73 Å². The predicted molar refractivity (Wildman–Crippen MR) is 62.0 cm³/mol. The molecule has 0 aromatic carbocycles. The Hall–Kier alpha value is -1.41. The SMILES string of the molecule is N=C(N)CCN(C1CC1)S(=O)(=O)c1cn[nH]c1. The van der Waals surface area contributed by atoms with Gasteiger partial charge in [0.1, 0.15) is 4.90 Å². The third-order valence-electron chi connectivity index (χ3n) is 2.64. The number of sulfonamides is 1. The van der Waals surface area contributed by atoms with Crippen LogP contribution in [0.5, 0.6) is 0 Å². The van der Waals surface area contributed by atoms with Crippen LogP contribution in [-0.2, 0) is 10.0 Å². The van der Waals surface area contributed by atoms with E-state index in [1.54, 1.807) is 0 Å². The van der Waals surface area contributed by atoms with Crippen LogP contribution in [0, 0.1) is 5.41 Å². The van der Waals surface area contributed by atoms with Gasteiger partial charge < -0.3 is 5.73 Å². The lowest BCUT2D eigenvalue weighted by molar-refractivity contribution is 0.412. The molecule has 1 aromatic rings. The van der Waals surface area contributed by atoms with Crippen molar-refractivity contribution >= 4 is 15.9 Å². The molecule has 1 aromatic heterocycles. The lowest BCUT2D eigenvalue weighted by Gasteiger charge is -2.20. The summed E-state index contributed by atoms with van der Waals surface area (Å²) in [6.45, 7) is 0.257. The number of nitrogens with one attached hydrogen (secondary N) is 2. The Morgan fingerprint density at radius 3 is 2.82 bits per heavy atom. The molecule has 0 spiro atoms. The summed E-state index contributed by atoms with van der Waals surface area (Å²) in [6, 6.07) is 0.0502. The van der Waals surface area contributed by atoms with Crippen molar-refractivity contribution in [1.29, 1.82) is 5.41 Å². The van der Waals surface area contributed by atoms with Crippen LogP contribution in [0.25, 0.3) is 0 Å². The van der Waals surface area contributed by atoms with Gasteiger partial charge in [-0.1, -0.05) is 0 Å². The lowest BCUT2D eigenvalue weighted by Crippen LogP contribution is -2.35. The van der Waals surface area contributed by atoms with E-state index in [-0.39, 0.29) is 29.7 Å². The smallest absolute Gasteiger partial charge is 0.246 e. The molecule has 1 saturated carbocycles. The molecular formula is C9H15N5O2S. The second kappa shape index (κ2) is 4.46. The number of H-pyrrole nitrogens is 1. The minimum absolute atomic E-state index is 0.00181. The van der Waals surface area contributed by atoms with E-state index in [1.807, 2.05) is 0 Å². The van der Waals surface area contributed by atoms with Gasteiger partial charge in [0.2, 0.25) is 10.0 Å². The second-order valence-electron chi connectivity index (χ2n) is 4.06. The summed E-state index contributed by atoms with van der Waals surface area (Å²) in [5.41, 5.74) is 5.27. The fourth-order valence-electron chi connectivity index (χ4n) is 1.61. The summed E-state index contributed by atoms with van der Waals surface area (Å²) in [5.74, 6) is -0.00181. The molecule has 8 heteroatoms. The summed E-state index contributed by atoms with van der Waals surface area (Å²) in [4.78, 5) is 0.160. The van der Waals surface area contributed by atoms with Gasteiger partial charge in [0.25, 0.3) is 0 Å². The van der Waals surface area contributed by atoms with Gasteiger partial charge in [0.05, 0.1) is 12.0 Å². The molecule has 1 aliphatic carbocycles. The molecular weight excluding hydrogens is 242 g/mol. The summed E-state index contributed by atoms with van der Waals surface area (Å²) < 4.78 is 25.9. The van der Waals surface area contributed by atoms with Gasteiger partial charge in [-0.15, -0.1) is 0 Å². The van der Waals surface area contributed by atoms with Crippen LogP contribution in [0.3, 0.4) is 0 Å². The molecule has 1 heterocycles. The first-order chi connectivity index (χ1) is 8.01. The molecule has 4 N–H and O–H groups in total. The molecule has 2 rings (SSSR count). The van der Waals surface area contributed by atoms with Crippen molar-refractivity contribution in [2.75, 3.05) is 6.54 Å². The van der Waals surface area contributed by atoms with Gasteiger partial charge in [-0.05, 0) is 12.8 Å². The molecule has 0 atom stereocenters. The molecule has 7 nitrogen and oxygen atoms in total. The van der Waals surface area contributed by atoms with Crippen LogP contribution in [-0.4, -0.2) is 41.3 Å². The first kappa shape index (κ1) is 12.1. The highest BCUT2D eigenvalue weighted by atomic mass is 32.2. The van der Waals surface area contributed by atoms with Crippen molar-refractivity contribution in [2.45, 2.75) is 30.2 Å². The number of aromatic amines is 1. The highest BCUT2D eigenvalue weighted by Crippen LogP contribution is 2.31. The number of nitrogens with two attached hydrogens (primary N) is 1. The molecule has 1 aliphatic rings.